The Bertz CT molecular complexity index is 519. The Labute approximate surface area is 119 Å². The van der Waals surface area contributed by atoms with Gasteiger partial charge in [-0.3, -0.25) is 0 Å². The first kappa shape index (κ1) is 15.0. The molecule has 0 aromatic carbocycles. The summed E-state index contributed by atoms with van der Waals surface area (Å²) in [6.45, 7) is 6.29. The fourth-order valence-corrected chi connectivity index (χ4v) is 4.42. The Morgan fingerprint density at radius 3 is 2.79 bits per heavy atom. The molecule has 4 nitrogen and oxygen atoms in total. The van der Waals surface area contributed by atoms with Crippen LogP contribution in [0.15, 0.2) is 16.3 Å². The van der Waals surface area contributed by atoms with Crippen LogP contribution >= 0.6 is 11.3 Å². The minimum Gasteiger partial charge on any atom is -0.312 e. The van der Waals surface area contributed by atoms with Crippen molar-refractivity contribution in [3.8, 4) is 0 Å². The first-order valence-corrected chi connectivity index (χ1v) is 9.10. The molecule has 108 valence electrons. The number of hydrogen-bond donors (Lipinski definition) is 2. The molecule has 0 spiro atoms. The fraction of sp³-hybridized carbons (Fsp3) is 0.692. The van der Waals surface area contributed by atoms with Gasteiger partial charge in [-0.2, -0.15) is 0 Å². The predicted molar refractivity (Wildman–Crippen MR) is 78.8 cm³/mol. The molecule has 2 N–H and O–H groups in total. The zero-order valence-corrected chi connectivity index (χ0v) is 13.2. The lowest BCUT2D eigenvalue weighted by Gasteiger charge is -2.11. The van der Waals surface area contributed by atoms with E-state index in [4.69, 9.17) is 0 Å². The maximum absolute atomic E-state index is 12.3. The Hall–Kier alpha value is -0.430. The molecule has 0 unspecified atom stereocenters. The molecule has 0 radical (unpaired) electrons. The van der Waals surface area contributed by atoms with E-state index in [0.717, 1.165) is 30.7 Å². The van der Waals surface area contributed by atoms with E-state index in [1.165, 1.54) is 11.3 Å². The van der Waals surface area contributed by atoms with Crippen LogP contribution in [0.25, 0.3) is 0 Å². The molecule has 0 atom stereocenters. The quantitative estimate of drug-likeness (QED) is 0.725. The normalized spacial score (nSPS) is 17.6. The second-order valence-electron chi connectivity index (χ2n) is 5.52. The molecule has 1 fully saturated rings. The zero-order valence-electron chi connectivity index (χ0n) is 11.5. The van der Waals surface area contributed by atoms with Gasteiger partial charge in [-0.15, -0.1) is 11.3 Å². The van der Waals surface area contributed by atoms with E-state index in [2.05, 4.69) is 23.9 Å². The number of sulfonamides is 1. The summed E-state index contributed by atoms with van der Waals surface area (Å²) in [5, 5.41) is 5.10. The molecular weight excluding hydrogens is 280 g/mol. The summed E-state index contributed by atoms with van der Waals surface area (Å²) in [5.74, 6) is 0. The van der Waals surface area contributed by atoms with Gasteiger partial charge in [0, 0.05) is 18.0 Å². The molecule has 0 amide bonds. The molecular formula is C13H22N2O2S2. The average Bonchev–Trinajstić information content (AvgIpc) is 2.91. The SMILES string of the molecule is CCCNCc1sccc1S(=O)(=O)NCC1(C)CC1. The van der Waals surface area contributed by atoms with Gasteiger partial charge in [0.2, 0.25) is 10.0 Å². The summed E-state index contributed by atoms with van der Waals surface area (Å²) in [6.07, 6.45) is 3.28. The van der Waals surface area contributed by atoms with Gasteiger partial charge in [-0.05, 0) is 42.7 Å². The van der Waals surface area contributed by atoms with Crippen molar-refractivity contribution in [3.05, 3.63) is 16.3 Å². The summed E-state index contributed by atoms with van der Waals surface area (Å²) in [7, 11) is -3.36. The summed E-state index contributed by atoms with van der Waals surface area (Å²) < 4.78 is 27.3. The highest BCUT2D eigenvalue weighted by Crippen LogP contribution is 2.44. The maximum atomic E-state index is 12.3. The van der Waals surface area contributed by atoms with E-state index in [9.17, 15) is 8.42 Å². The molecule has 2 rings (SSSR count). The van der Waals surface area contributed by atoms with Crippen molar-refractivity contribution in [3.63, 3.8) is 0 Å². The highest BCUT2D eigenvalue weighted by molar-refractivity contribution is 7.89. The molecule has 1 saturated carbocycles. The molecule has 0 saturated heterocycles. The number of nitrogens with one attached hydrogen (secondary N) is 2. The third-order valence-electron chi connectivity index (χ3n) is 3.50. The van der Waals surface area contributed by atoms with Gasteiger partial charge < -0.3 is 5.32 Å². The number of rotatable bonds is 8. The summed E-state index contributed by atoms with van der Waals surface area (Å²) >= 11 is 1.49. The smallest absolute Gasteiger partial charge is 0.241 e. The summed E-state index contributed by atoms with van der Waals surface area (Å²) in [4.78, 5) is 1.33. The van der Waals surface area contributed by atoms with Gasteiger partial charge >= 0.3 is 0 Å². The topological polar surface area (TPSA) is 58.2 Å². The molecule has 1 aliphatic rings. The minimum absolute atomic E-state index is 0.184. The fourth-order valence-electron chi connectivity index (χ4n) is 1.81. The second kappa shape index (κ2) is 5.91. The molecule has 1 aromatic heterocycles. The van der Waals surface area contributed by atoms with Crippen LogP contribution in [0.2, 0.25) is 0 Å². The second-order valence-corrected chi connectivity index (χ2v) is 8.26. The van der Waals surface area contributed by atoms with Crippen molar-refractivity contribution in [1.29, 1.82) is 0 Å². The van der Waals surface area contributed by atoms with Crippen LogP contribution in [0.3, 0.4) is 0 Å². The van der Waals surface area contributed by atoms with Crippen LogP contribution in [0.5, 0.6) is 0 Å². The molecule has 6 heteroatoms. The van der Waals surface area contributed by atoms with E-state index >= 15 is 0 Å². The lowest BCUT2D eigenvalue weighted by Crippen LogP contribution is -2.29. The number of hydrogen-bond acceptors (Lipinski definition) is 4. The van der Waals surface area contributed by atoms with E-state index < -0.39 is 10.0 Å². The first-order chi connectivity index (χ1) is 8.97. The zero-order chi connectivity index (χ0) is 13.9. The highest BCUT2D eigenvalue weighted by atomic mass is 32.2. The van der Waals surface area contributed by atoms with Crippen LogP contribution in [0, 0.1) is 5.41 Å². The van der Waals surface area contributed by atoms with Crippen LogP contribution in [-0.4, -0.2) is 21.5 Å². The van der Waals surface area contributed by atoms with Crippen LogP contribution < -0.4 is 10.0 Å². The average molecular weight is 302 g/mol. The first-order valence-electron chi connectivity index (χ1n) is 6.74. The van der Waals surface area contributed by atoms with Gasteiger partial charge in [0.15, 0.2) is 0 Å². The Balaban J connectivity index is 2.00. The maximum Gasteiger partial charge on any atom is 0.241 e. The van der Waals surface area contributed by atoms with Gasteiger partial charge in [0.25, 0.3) is 0 Å². The monoisotopic (exact) mass is 302 g/mol. The molecule has 1 aromatic rings. The van der Waals surface area contributed by atoms with Crippen molar-refractivity contribution >= 4 is 21.4 Å². The highest BCUT2D eigenvalue weighted by Gasteiger charge is 2.38. The largest absolute Gasteiger partial charge is 0.312 e. The van der Waals surface area contributed by atoms with E-state index in [-0.39, 0.29) is 5.41 Å². The molecule has 0 bridgehead atoms. The van der Waals surface area contributed by atoms with E-state index in [1.54, 1.807) is 6.07 Å². The van der Waals surface area contributed by atoms with Gasteiger partial charge in [0.05, 0.1) is 4.90 Å². The molecule has 1 aliphatic carbocycles. The minimum atomic E-state index is -3.36. The van der Waals surface area contributed by atoms with Gasteiger partial charge in [-0.1, -0.05) is 13.8 Å². The third-order valence-corrected chi connectivity index (χ3v) is 6.03. The van der Waals surface area contributed by atoms with Crippen molar-refractivity contribution in [2.75, 3.05) is 13.1 Å². The standard InChI is InChI=1S/C13H22N2O2S2/c1-3-7-14-9-11-12(4-8-18-11)19(16,17)15-10-13(2)5-6-13/h4,8,14-15H,3,5-7,9-10H2,1-2H3. The van der Waals surface area contributed by atoms with E-state index in [0.29, 0.717) is 18.0 Å². The van der Waals surface area contributed by atoms with Gasteiger partial charge in [0.1, 0.15) is 0 Å². The summed E-state index contributed by atoms with van der Waals surface area (Å²) in [6, 6.07) is 1.70. The summed E-state index contributed by atoms with van der Waals surface area (Å²) in [5.41, 5.74) is 0.184. The Morgan fingerprint density at radius 1 is 1.42 bits per heavy atom. The lowest BCUT2D eigenvalue weighted by atomic mass is 10.2. The molecule has 0 aliphatic heterocycles. The van der Waals surface area contributed by atoms with Crippen LogP contribution in [0.4, 0.5) is 0 Å². The van der Waals surface area contributed by atoms with Gasteiger partial charge in [-0.25, -0.2) is 13.1 Å². The Kier molecular flexibility index (Phi) is 4.66. The molecule has 1 heterocycles. The van der Waals surface area contributed by atoms with Crippen LogP contribution in [0.1, 0.15) is 38.0 Å². The van der Waals surface area contributed by atoms with Crippen molar-refractivity contribution in [1.82, 2.24) is 10.0 Å². The van der Waals surface area contributed by atoms with Crippen molar-refractivity contribution < 1.29 is 8.42 Å². The number of thiophene rings is 1. The molecule has 19 heavy (non-hydrogen) atoms. The van der Waals surface area contributed by atoms with Crippen molar-refractivity contribution in [2.45, 2.75) is 44.6 Å². The van der Waals surface area contributed by atoms with Crippen molar-refractivity contribution in [2.24, 2.45) is 5.41 Å². The predicted octanol–water partition coefficient (Wildman–Crippen LogP) is 2.33. The van der Waals surface area contributed by atoms with Crippen LogP contribution in [-0.2, 0) is 16.6 Å². The van der Waals surface area contributed by atoms with E-state index in [1.807, 2.05) is 5.38 Å². The lowest BCUT2D eigenvalue weighted by molar-refractivity contribution is 0.530. The Morgan fingerprint density at radius 2 is 2.16 bits per heavy atom. The third kappa shape index (κ3) is 4.02.